The van der Waals surface area contributed by atoms with Gasteiger partial charge in [0.25, 0.3) is 5.91 Å². The molecule has 0 spiro atoms. The van der Waals surface area contributed by atoms with Gasteiger partial charge in [-0.1, -0.05) is 76.1 Å². The second-order valence-electron chi connectivity index (χ2n) is 9.25. The molecule has 3 rings (SSSR count). The first-order valence-corrected chi connectivity index (χ1v) is 12.3. The highest BCUT2D eigenvalue weighted by atomic mass is 16.5. The van der Waals surface area contributed by atoms with E-state index in [0.29, 0.717) is 31.1 Å². The first-order chi connectivity index (χ1) is 16.0. The summed E-state index contributed by atoms with van der Waals surface area (Å²) in [4.78, 5) is 28.1. The smallest absolute Gasteiger partial charge is 0.261 e. The van der Waals surface area contributed by atoms with Crippen LogP contribution < -0.4 is 10.1 Å². The fourth-order valence-electron chi connectivity index (χ4n) is 4.44. The fourth-order valence-corrected chi connectivity index (χ4v) is 4.44. The molecule has 0 unspecified atom stereocenters. The number of nitrogens with zero attached hydrogens (tertiary/aromatic N) is 1. The van der Waals surface area contributed by atoms with E-state index in [0.717, 1.165) is 31.2 Å². The third kappa shape index (κ3) is 7.34. The molecule has 5 nitrogen and oxygen atoms in total. The third-order valence-electron chi connectivity index (χ3n) is 6.48. The Bertz CT molecular complexity index is 874. The highest BCUT2D eigenvalue weighted by molar-refractivity contribution is 5.88. The highest BCUT2D eigenvalue weighted by Crippen LogP contribution is 2.20. The van der Waals surface area contributed by atoms with Crippen LogP contribution in [0.2, 0.25) is 0 Å². The Balaban J connectivity index is 1.68. The van der Waals surface area contributed by atoms with Gasteiger partial charge in [-0.15, -0.1) is 0 Å². The minimum atomic E-state index is -0.492. The van der Waals surface area contributed by atoms with Crippen molar-refractivity contribution >= 4 is 11.8 Å². The van der Waals surface area contributed by atoms with Crippen molar-refractivity contribution < 1.29 is 14.3 Å². The number of hydrogen-bond acceptors (Lipinski definition) is 3. The Morgan fingerprint density at radius 2 is 1.70 bits per heavy atom. The van der Waals surface area contributed by atoms with E-state index in [1.807, 2.05) is 49.4 Å². The van der Waals surface area contributed by atoms with Crippen LogP contribution in [-0.4, -0.2) is 41.9 Å². The topological polar surface area (TPSA) is 58.6 Å². The molecule has 2 amide bonds. The van der Waals surface area contributed by atoms with E-state index in [2.05, 4.69) is 31.3 Å². The van der Waals surface area contributed by atoms with Crippen molar-refractivity contribution in [3.63, 3.8) is 0 Å². The predicted octanol–water partition coefficient (Wildman–Crippen LogP) is 5.10. The number of rotatable bonds is 11. The number of benzene rings is 2. The van der Waals surface area contributed by atoms with E-state index in [1.165, 1.54) is 5.56 Å². The lowest BCUT2D eigenvalue weighted by Gasteiger charge is -2.31. The van der Waals surface area contributed by atoms with Gasteiger partial charge in [0.15, 0.2) is 6.61 Å². The van der Waals surface area contributed by atoms with Gasteiger partial charge in [0.1, 0.15) is 11.8 Å². The number of carbonyl (C=O) groups is 2. The van der Waals surface area contributed by atoms with E-state index in [1.54, 1.807) is 4.90 Å². The van der Waals surface area contributed by atoms with Crippen molar-refractivity contribution in [1.29, 1.82) is 0 Å². The van der Waals surface area contributed by atoms with Crippen LogP contribution in [0.4, 0.5) is 0 Å². The minimum absolute atomic E-state index is 0.0490. The molecular formula is C28H38N2O3. The first kappa shape index (κ1) is 24.8. The van der Waals surface area contributed by atoms with E-state index >= 15 is 0 Å². The third-order valence-corrected chi connectivity index (χ3v) is 6.48. The van der Waals surface area contributed by atoms with Gasteiger partial charge in [-0.3, -0.25) is 9.59 Å². The van der Waals surface area contributed by atoms with Crippen molar-refractivity contribution in [2.45, 2.75) is 77.3 Å². The Morgan fingerprint density at radius 3 is 2.30 bits per heavy atom. The monoisotopic (exact) mass is 450 g/mol. The van der Waals surface area contributed by atoms with Gasteiger partial charge in [0.05, 0.1) is 0 Å². The molecule has 5 heteroatoms. The molecule has 1 aliphatic carbocycles. The standard InChI is InChI=1S/C28H38N2O3/c1-4-26(28(32)29-24-12-8-9-13-24)30(19-18-22-10-6-5-7-11-22)27(31)20-33-25-16-14-23(15-17-25)21(2)3/h5-7,10-11,14-17,21,24,26H,4,8-9,12-13,18-20H2,1-3H3,(H,29,32)/t26-/m0/s1. The summed E-state index contributed by atoms with van der Waals surface area (Å²) in [5.41, 5.74) is 2.37. The molecule has 0 saturated heterocycles. The van der Waals surface area contributed by atoms with Crippen LogP contribution in [0.5, 0.6) is 5.75 Å². The molecule has 0 aliphatic heterocycles. The molecule has 178 valence electrons. The van der Waals surface area contributed by atoms with Crippen LogP contribution in [-0.2, 0) is 16.0 Å². The molecule has 0 heterocycles. The summed E-state index contributed by atoms with van der Waals surface area (Å²) in [6, 6.07) is 17.7. The maximum absolute atomic E-state index is 13.3. The lowest BCUT2D eigenvalue weighted by Crippen LogP contribution is -2.52. The molecule has 0 radical (unpaired) electrons. The van der Waals surface area contributed by atoms with E-state index < -0.39 is 6.04 Å². The van der Waals surface area contributed by atoms with Crippen molar-refractivity contribution in [2.24, 2.45) is 0 Å². The van der Waals surface area contributed by atoms with E-state index in [-0.39, 0.29) is 24.5 Å². The van der Waals surface area contributed by atoms with Crippen molar-refractivity contribution in [3.05, 3.63) is 65.7 Å². The molecule has 1 fully saturated rings. The van der Waals surface area contributed by atoms with Crippen molar-refractivity contribution in [3.8, 4) is 5.75 Å². The lowest BCUT2D eigenvalue weighted by atomic mass is 10.0. The quantitative estimate of drug-likeness (QED) is 0.518. The summed E-state index contributed by atoms with van der Waals surface area (Å²) in [5.74, 6) is 0.899. The number of carbonyl (C=O) groups excluding carboxylic acids is 2. The molecule has 2 aromatic carbocycles. The molecule has 1 saturated carbocycles. The average molecular weight is 451 g/mol. The molecular weight excluding hydrogens is 412 g/mol. The zero-order chi connectivity index (χ0) is 23.6. The van der Waals surface area contributed by atoms with E-state index in [9.17, 15) is 9.59 Å². The zero-order valence-corrected chi connectivity index (χ0v) is 20.3. The molecule has 33 heavy (non-hydrogen) atoms. The Kier molecular flexibility index (Phi) is 9.35. The largest absolute Gasteiger partial charge is 0.484 e. The second kappa shape index (κ2) is 12.4. The van der Waals surface area contributed by atoms with Crippen LogP contribution in [0.25, 0.3) is 0 Å². The fraction of sp³-hybridized carbons (Fsp3) is 0.500. The van der Waals surface area contributed by atoms with Crippen molar-refractivity contribution in [1.82, 2.24) is 10.2 Å². The van der Waals surface area contributed by atoms with Crippen LogP contribution in [0.1, 0.15) is 69.9 Å². The molecule has 1 atom stereocenters. The van der Waals surface area contributed by atoms with Gasteiger partial charge in [0, 0.05) is 12.6 Å². The molecule has 1 aliphatic rings. The van der Waals surface area contributed by atoms with Gasteiger partial charge >= 0.3 is 0 Å². The predicted molar refractivity (Wildman–Crippen MR) is 132 cm³/mol. The number of amides is 2. The maximum atomic E-state index is 13.3. The summed E-state index contributed by atoms with van der Waals surface area (Å²) in [7, 11) is 0. The van der Waals surface area contributed by atoms with E-state index in [4.69, 9.17) is 4.74 Å². The van der Waals surface area contributed by atoms with Gasteiger partial charge in [0.2, 0.25) is 5.91 Å². The normalized spacial score (nSPS) is 14.8. The summed E-state index contributed by atoms with van der Waals surface area (Å²) in [6.45, 7) is 6.66. The molecule has 2 aromatic rings. The van der Waals surface area contributed by atoms with Crippen LogP contribution >= 0.6 is 0 Å². The lowest BCUT2D eigenvalue weighted by molar-refractivity contribution is -0.142. The highest BCUT2D eigenvalue weighted by Gasteiger charge is 2.30. The molecule has 0 bridgehead atoms. The summed E-state index contributed by atoms with van der Waals surface area (Å²) >= 11 is 0. The Morgan fingerprint density at radius 1 is 1.03 bits per heavy atom. The second-order valence-corrected chi connectivity index (χ2v) is 9.25. The maximum Gasteiger partial charge on any atom is 0.261 e. The Labute approximate surface area is 198 Å². The SMILES string of the molecule is CC[C@@H](C(=O)NC1CCCC1)N(CCc1ccccc1)C(=O)COc1ccc(C(C)C)cc1. The summed E-state index contributed by atoms with van der Waals surface area (Å²) in [6.07, 6.45) is 5.62. The Hall–Kier alpha value is -2.82. The summed E-state index contributed by atoms with van der Waals surface area (Å²) < 4.78 is 5.82. The number of nitrogens with one attached hydrogen (secondary N) is 1. The number of hydrogen-bond donors (Lipinski definition) is 1. The molecule has 0 aromatic heterocycles. The van der Waals surface area contributed by atoms with Gasteiger partial charge in [-0.2, -0.15) is 0 Å². The minimum Gasteiger partial charge on any atom is -0.484 e. The van der Waals surface area contributed by atoms with Gasteiger partial charge in [-0.25, -0.2) is 0 Å². The summed E-state index contributed by atoms with van der Waals surface area (Å²) in [5, 5.41) is 3.18. The van der Waals surface area contributed by atoms with Crippen molar-refractivity contribution in [2.75, 3.05) is 13.2 Å². The van der Waals surface area contributed by atoms with Crippen LogP contribution in [0.3, 0.4) is 0 Å². The van der Waals surface area contributed by atoms with Gasteiger partial charge < -0.3 is 15.0 Å². The van der Waals surface area contributed by atoms with Gasteiger partial charge in [-0.05, 0) is 54.9 Å². The first-order valence-electron chi connectivity index (χ1n) is 12.3. The molecule has 1 N–H and O–H groups in total. The zero-order valence-electron chi connectivity index (χ0n) is 20.3. The van der Waals surface area contributed by atoms with Crippen LogP contribution in [0.15, 0.2) is 54.6 Å². The average Bonchev–Trinajstić information content (AvgIpc) is 3.34. The number of ether oxygens (including phenoxy) is 1. The van der Waals surface area contributed by atoms with Crippen LogP contribution in [0, 0.1) is 0 Å².